The van der Waals surface area contributed by atoms with Crippen LogP contribution in [0.5, 0.6) is 11.5 Å². The fraction of sp³-hybridized carbons (Fsp3) is 0.579. The number of methoxy groups -OCH3 is 2. The molecular weight excluding hydrogens is 322 g/mol. The first-order valence-corrected chi connectivity index (χ1v) is 8.41. The Balaban J connectivity index is 2.97. The van der Waals surface area contributed by atoms with Crippen LogP contribution in [0.15, 0.2) is 12.1 Å². The maximum absolute atomic E-state index is 12.0. The van der Waals surface area contributed by atoms with E-state index in [9.17, 15) is 9.59 Å². The minimum absolute atomic E-state index is 0.106. The van der Waals surface area contributed by atoms with Crippen molar-refractivity contribution in [1.82, 2.24) is 5.32 Å². The van der Waals surface area contributed by atoms with E-state index in [1.54, 1.807) is 14.2 Å². The van der Waals surface area contributed by atoms with E-state index >= 15 is 0 Å². The van der Waals surface area contributed by atoms with Gasteiger partial charge >= 0.3 is 6.09 Å². The van der Waals surface area contributed by atoms with Gasteiger partial charge < -0.3 is 24.3 Å². The van der Waals surface area contributed by atoms with Gasteiger partial charge in [0, 0.05) is 18.0 Å². The second kappa shape index (κ2) is 9.30. The van der Waals surface area contributed by atoms with Gasteiger partial charge in [0.2, 0.25) is 0 Å². The molecule has 6 nitrogen and oxygen atoms in total. The third-order valence-electron chi connectivity index (χ3n) is 3.67. The average Bonchev–Trinajstić information content (AvgIpc) is 2.53. The molecule has 0 heterocycles. The molecule has 0 spiro atoms. The van der Waals surface area contributed by atoms with E-state index in [0.29, 0.717) is 17.9 Å². The van der Waals surface area contributed by atoms with Gasteiger partial charge in [0.05, 0.1) is 14.2 Å². The molecule has 25 heavy (non-hydrogen) atoms. The Morgan fingerprint density at radius 2 is 1.72 bits per heavy atom. The zero-order valence-corrected chi connectivity index (χ0v) is 16.0. The van der Waals surface area contributed by atoms with Gasteiger partial charge in [0.1, 0.15) is 23.4 Å². The molecule has 0 aliphatic heterocycles. The third-order valence-corrected chi connectivity index (χ3v) is 3.67. The van der Waals surface area contributed by atoms with Crippen molar-refractivity contribution in [3.8, 4) is 11.5 Å². The van der Waals surface area contributed by atoms with E-state index in [2.05, 4.69) is 5.32 Å². The van der Waals surface area contributed by atoms with Crippen molar-refractivity contribution in [2.75, 3.05) is 14.2 Å². The summed E-state index contributed by atoms with van der Waals surface area (Å²) in [5, 5.41) is 2.89. The Morgan fingerprint density at radius 3 is 2.20 bits per heavy atom. The number of carbonyl (C=O) groups is 2. The van der Waals surface area contributed by atoms with Crippen LogP contribution in [-0.4, -0.2) is 38.2 Å². The maximum Gasteiger partial charge on any atom is 0.407 e. The molecule has 0 aromatic heterocycles. The average molecular weight is 351 g/mol. The van der Waals surface area contributed by atoms with Crippen molar-refractivity contribution in [1.29, 1.82) is 0 Å². The summed E-state index contributed by atoms with van der Waals surface area (Å²) in [5.74, 6) is 1.30. The topological polar surface area (TPSA) is 73.9 Å². The van der Waals surface area contributed by atoms with E-state index in [1.165, 1.54) is 0 Å². The molecule has 1 atom stereocenters. The summed E-state index contributed by atoms with van der Waals surface area (Å²) in [5.41, 5.74) is 1.13. The largest absolute Gasteiger partial charge is 0.496 e. The zero-order valence-electron chi connectivity index (χ0n) is 16.0. The Kier molecular flexibility index (Phi) is 7.74. The number of ether oxygens (including phenoxy) is 3. The van der Waals surface area contributed by atoms with Crippen molar-refractivity contribution in [2.45, 2.75) is 58.6 Å². The van der Waals surface area contributed by atoms with Gasteiger partial charge in [-0.1, -0.05) is 6.92 Å². The van der Waals surface area contributed by atoms with Gasteiger partial charge in [0.25, 0.3) is 0 Å². The van der Waals surface area contributed by atoms with E-state index in [0.717, 1.165) is 23.8 Å². The monoisotopic (exact) mass is 351 g/mol. The quantitative estimate of drug-likeness (QED) is 0.728. The standard InChI is InChI=1S/C19H29NO5/c1-7-15(20-18(22)25-19(2,3)4)10-14-12-16(23-5)13(8-9-21)11-17(14)24-6/h9,11-12,15H,7-8,10H2,1-6H3,(H,20,22). The highest BCUT2D eigenvalue weighted by atomic mass is 16.6. The fourth-order valence-electron chi connectivity index (χ4n) is 2.47. The van der Waals surface area contributed by atoms with Crippen molar-refractivity contribution in [2.24, 2.45) is 0 Å². The molecule has 0 aliphatic rings. The molecule has 0 aliphatic carbocycles. The molecule has 140 valence electrons. The van der Waals surface area contributed by atoms with Crippen LogP contribution < -0.4 is 14.8 Å². The highest BCUT2D eigenvalue weighted by Gasteiger charge is 2.20. The first-order chi connectivity index (χ1) is 11.7. The van der Waals surface area contributed by atoms with Gasteiger partial charge in [-0.15, -0.1) is 0 Å². The first-order valence-electron chi connectivity index (χ1n) is 8.41. The van der Waals surface area contributed by atoms with Crippen molar-refractivity contribution >= 4 is 12.4 Å². The zero-order chi connectivity index (χ0) is 19.0. The minimum atomic E-state index is -0.542. The van der Waals surface area contributed by atoms with E-state index in [1.807, 2.05) is 39.8 Å². The third kappa shape index (κ3) is 6.64. The molecule has 1 unspecified atom stereocenters. The Hall–Kier alpha value is -2.24. The molecule has 6 heteroatoms. The maximum atomic E-state index is 12.0. The van der Waals surface area contributed by atoms with Gasteiger partial charge in [-0.2, -0.15) is 0 Å². The summed E-state index contributed by atoms with van der Waals surface area (Å²) in [6.45, 7) is 7.47. The molecule has 0 fully saturated rings. The summed E-state index contributed by atoms with van der Waals surface area (Å²) in [6, 6.07) is 3.56. The molecule has 0 radical (unpaired) electrons. The molecule has 1 amide bonds. The normalized spacial score (nSPS) is 12.2. The molecular formula is C19H29NO5. The molecule has 1 rings (SSSR count). The van der Waals surface area contributed by atoms with Crippen LogP contribution in [-0.2, 0) is 22.4 Å². The Labute approximate surface area is 149 Å². The van der Waals surface area contributed by atoms with Crippen molar-refractivity contribution in [3.63, 3.8) is 0 Å². The highest BCUT2D eigenvalue weighted by Crippen LogP contribution is 2.30. The van der Waals surface area contributed by atoms with E-state index in [4.69, 9.17) is 14.2 Å². The number of aldehydes is 1. The SMILES string of the molecule is CCC(Cc1cc(OC)c(CC=O)cc1OC)NC(=O)OC(C)(C)C. The number of rotatable bonds is 8. The van der Waals surface area contributed by atoms with Gasteiger partial charge in [-0.05, 0) is 51.3 Å². The van der Waals surface area contributed by atoms with Gasteiger partial charge in [-0.25, -0.2) is 4.79 Å². The van der Waals surface area contributed by atoms with Gasteiger partial charge in [0.15, 0.2) is 0 Å². The predicted octanol–water partition coefficient (Wildman–Crippen LogP) is 3.29. The van der Waals surface area contributed by atoms with Crippen LogP contribution in [0.3, 0.4) is 0 Å². The van der Waals surface area contributed by atoms with Crippen molar-refractivity contribution < 1.29 is 23.8 Å². The lowest BCUT2D eigenvalue weighted by Crippen LogP contribution is -2.40. The van der Waals surface area contributed by atoms with E-state index < -0.39 is 11.7 Å². The fourth-order valence-corrected chi connectivity index (χ4v) is 2.47. The number of amides is 1. The smallest absolute Gasteiger partial charge is 0.407 e. The Morgan fingerprint density at radius 1 is 1.16 bits per heavy atom. The molecule has 0 bridgehead atoms. The lowest BCUT2D eigenvalue weighted by molar-refractivity contribution is -0.107. The lowest BCUT2D eigenvalue weighted by atomic mass is 9.99. The molecule has 1 N–H and O–H groups in total. The minimum Gasteiger partial charge on any atom is -0.496 e. The van der Waals surface area contributed by atoms with Crippen LogP contribution in [0.25, 0.3) is 0 Å². The second-order valence-corrected chi connectivity index (χ2v) is 6.80. The van der Waals surface area contributed by atoms with Crippen LogP contribution in [0.4, 0.5) is 4.79 Å². The van der Waals surface area contributed by atoms with Crippen LogP contribution in [0, 0.1) is 0 Å². The number of carbonyl (C=O) groups excluding carboxylic acids is 2. The second-order valence-electron chi connectivity index (χ2n) is 6.80. The molecule has 0 saturated heterocycles. The molecule has 1 aromatic carbocycles. The summed E-state index contributed by atoms with van der Waals surface area (Å²) < 4.78 is 16.1. The first kappa shape index (κ1) is 20.8. The van der Waals surface area contributed by atoms with E-state index in [-0.39, 0.29) is 12.5 Å². The van der Waals surface area contributed by atoms with Gasteiger partial charge in [-0.3, -0.25) is 0 Å². The molecule has 0 saturated carbocycles. The number of benzene rings is 1. The number of alkyl carbamates (subject to hydrolysis) is 1. The predicted molar refractivity (Wildman–Crippen MR) is 96.5 cm³/mol. The lowest BCUT2D eigenvalue weighted by Gasteiger charge is -2.24. The summed E-state index contributed by atoms with van der Waals surface area (Å²) in [4.78, 5) is 22.8. The highest BCUT2D eigenvalue weighted by molar-refractivity contribution is 5.68. The van der Waals surface area contributed by atoms with Crippen LogP contribution in [0.2, 0.25) is 0 Å². The Bertz CT molecular complexity index is 592. The summed E-state index contributed by atoms with van der Waals surface area (Å²) in [7, 11) is 3.15. The van der Waals surface area contributed by atoms with Crippen molar-refractivity contribution in [3.05, 3.63) is 23.3 Å². The van der Waals surface area contributed by atoms with Crippen LogP contribution in [0.1, 0.15) is 45.2 Å². The number of hydrogen-bond acceptors (Lipinski definition) is 5. The number of nitrogens with one attached hydrogen (secondary N) is 1. The van der Waals surface area contributed by atoms with Crippen LogP contribution >= 0.6 is 0 Å². The molecule has 1 aromatic rings. The summed E-state index contributed by atoms with van der Waals surface area (Å²) in [6.07, 6.45) is 1.95. The summed E-state index contributed by atoms with van der Waals surface area (Å²) >= 11 is 0. The number of hydrogen-bond donors (Lipinski definition) is 1.